The number of allylic oxidation sites excluding steroid dienone is 1. The van der Waals surface area contributed by atoms with Crippen molar-refractivity contribution >= 4 is 39.2 Å². The molecule has 0 N–H and O–H groups in total. The molecule has 1 unspecified atom stereocenters. The van der Waals surface area contributed by atoms with Crippen LogP contribution in [0.2, 0.25) is 0 Å². The first-order chi connectivity index (χ1) is 19.6. The van der Waals surface area contributed by atoms with Gasteiger partial charge in [0, 0.05) is 22.6 Å². The van der Waals surface area contributed by atoms with Crippen LogP contribution in [0, 0.1) is 5.82 Å². The number of benzene rings is 4. The van der Waals surface area contributed by atoms with Crippen molar-refractivity contribution in [2.45, 2.75) is 12.8 Å². The van der Waals surface area contributed by atoms with Crippen molar-refractivity contribution in [3.05, 3.63) is 140 Å². The van der Waals surface area contributed by atoms with Crippen LogP contribution in [0.4, 0.5) is 4.39 Å². The normalized spacial score (nSPS) is 15.4. The lowest BCUT2D eigenvalue weighted by Crippen LogP contribution is -2.24. The number of imidazole rings is 1. The van der Waals surface area contributed by atoms with E-state index in [4.69, 9.17) is 9.47 Å². The lowest BCUT2D eigenvalue weighted by molar-refractivity contribution is 0.340. The van der Waals surface area contributed by atoms with Crippen LogP contribution in [-0.4, -0.2) is 16.0 Å². The van der Waals surface area contributed by atoms with E-state index in [0.29, 0.717) is 27.6 Å². The number of halogens is 1. The van der Waals surface area contributed by atoms with Gasteiger partial charge in [0.2, 0.25) is 0 Å². The second-order valence-electron chi connectivity index (χ2n) is 9.50. The summed E-state index contributed by atoms with van der Waals surface area (Å²) in [6, 6.07) is 29.7. The average molecular weight is 547 g/mol. The van der Waals surface area contributed by atoms with Crippen molar-refractivity contribution in [1.82, 2.24) is 9.38 Å². The molecule has 1 aliphatic rings. The first kappa shape index (κ1) is 24.3. The highest BCUT2D eigenvalue weighted by Crippen LogP contribution is 2.46. The third-order valence-electron chi connectivity index (χ3n) is 7.08. The molecule has 2 aromatic heterocycles. The van der Waals surface area contributed by atoms with E-state index in [1.165, 1.54) is 23.5 Å². The maximum absolute atomic E-state index is 14.0. The molecule has 3 heterocycles. The molecule has 40 heavy (non-hydrogen) atoms. The van der Waals surface area contributed by atoms with Crippen LogP contribution < -0.4 is 19.6 Å². The van der Waals surface area contributed by atoms with Crippen molar-refractivity contribution in [3.63, 3.8) is 0 Å². The maximum atomic E-state index is 14.0. The van der Waals surface area contributed by atoms with Crippen LogP contribution in [0.1, 0.15) is 29.5 Å². The lowest BCUT2D eigenvalue weighted by atomic mass is 9.81. The topological polar surface area (TPSA) is 52.8 Å². The summed E-state index contributed by atoms with van der Waals surface area (Å²) in [7, 11) is 0. The largest absolute Gasteiger partial charge is 0.494 e. The number of thiazole rings is 1. The maximum Gasteiger partial charge on any atom is 0.274 e. The molecule has 0 bridgehead atoms. The molecule has 0 saturated heterocycles. The summed E-state index contributed by atoms with van der Waals surface area (Å²) in [6.45, 7) is 2.51. The monoisotopic (exact) mass is 546 g/mol. The Balaban J connectivity index is 1.51. The summed E-state index contributed by atoms with van der Waals surface area (Å²) in [4.78, 5) is 19.1. The molecular weight excluding hydrogens is 523 g/mol. The van der Waals surface area contributed by atoms with Crippen molar-refractivity contribution in [1.29, 1.82) is 0 Å². The van der Waals surface area contributed by atoms with Crippen LogP contribution in [-0.2, 0) is 0 Å². The van der Waals surface area contributed by atoms with E-state index in [9.17, 15) is 9.18 Å². The third-order valence-corrected chi connectivity index (χ3v) is 8.05. The Labute approximate surface area is 233 Å². The zero-order valence-corrected chi connectivity index (χ0v) is 22.3. The summed E-state index contributed by atoms with van der Waals surface area (Å²) in [5.41, 5.74) is 4.91. The zero-order valence-electron chi connectivity index (χ0n) is 21.5. The van der Waals surface area contributed by atoms with Gasteiger partial charge in [-0.3, -0.25) is 4.79 Å². The van der Waals surface area contributed by atoms with E-state index in [2.05, 4.69) is 4.98 Å². The zero-order chi connectivity index (χ0) is 27.2. The second-order valence-corrected chi connectivity index (χ2v) is 10.5. The van der Waals surface area contributed by atoms with Gasteiger partial charge in [0.15, 0.2) is 4.96 Å². The van der Waals surface area contributed by atoms with Crippen molar-refractivity contribution < 1.29 is 13.9 Å². The number of rotatable bonds is 5. The van der Waals surface area contributed by atoms with Gasteiger partial charge in [0.05, 0.1) is 22.2 Å². The smallest absolute Gasteiger partial charge is 0.274 e. The number of hydrogen-bond acceptors (Lipinski definition) is 5. The van der Waals surface area contributed by atoms with Gasteiger partial charge in [-0.1, -0.05) is 53.8 Å². The quantitative estimate of drug-likeness (QED) is 0.245. The Hall–Kier alpha value is -4.75. The van der Waals surface area contributed by atoms with Gasteiger partial charge in [0.1, 0.15) is 23.1 Å². The van der Waals surface area contributed by atoms with Crippen molar-refractivity contribution in [3.8, 4) is 11.5 Å². The van der Waals surface area contributed by atoms with Crippen molar-refractivity contribution in [2.75, 3.05) is 6.61 Å². The third kappa shape index (κ3) is 4.06. The molecule has 0 saturated carbocycles. The number of aromatic nitrogens is 2. The average Bonchev–Trinajstić information content (AvgIpc) is 3.49. The fraction of sp³-hybridized carbons (Fsp3) is 0.0909. The molecule has 0 spiro atoms. The second kappa shape index (κ2) is 9.77. The first-order valence-electron chi connectivity index (χ1n) is 13.0. The van der Waals surface area contributed by atoms with Crippen LogP contribution >= 0.6 is 11.3 Å². The molecule has 0 fully saturated rings. The van der Waals surface area contributed by atoms with Gasteiger partial charge in [0.25, 0.3) is 5.56 Å². The highest BCUT2D eigenvalue weighted by Gasteiger charge is 2.31. The summed E-state index contributed by atoms with van der Waals surface area (Å²) < 4.78 is 28.4. The van der Waals surface area contributed by atoms with Crippen LogP contribution in [0.5, 0.6) is 11.5 Å². The number of fused-ring (bicyclic) bond motifs is 4. The highest BCUT2D eigenvalue weighted by atomic mass is 32.1. The summed E-state index contributed by atoms with van der Waals surface area (Å²) in [5.74, 6) is 1.51. The summed E-state index contributed by atoms with van der Waals surface area (Å²) >= 11 is 1.34. The SMILES string of the molecule is CCOc1ccc(C2=C(/C=c3/sc4nc5ccccc5n4c3=O)C(c3ccc(F)cc3)c3ccccc3O2)cc1. The Morgan fingerprint density at radius 2 is 1.73 bits per heavy atom. The molecule has 196 valence electrons. The standard InChI is InChI=1S/C33H23FN2O3S/c1-2-38-23-17-13-21(14-18-23)31-25(19-29-32(37)36-27-9-5-4-8-26(27)35-33(36)40-29)30(20-11-15-22(34)16-12-20)24-7-3-6-10-28(24)39-31/h3-19,30H,2H2,1H3/b29-19+. The van der Waals surface area contributed by atoms with E-state index in [1.807, 2.05) is 85.8 Å². The van der Waals surface area contributed by atoms with E-state index in [0.717, 1.165) is 39.0 Å². The molecule has 7 heteroatoms. The van der Waals surface area contributed by atoms with Crippen molar-refractivity contribution in [2.24, 2.45) is 0 Å². The molecule has 5 nitrogen and oxygen atoms in total. The lowest BCUT2D eigenvalue weighted by Gasteiger charge is -2.30. The van der Waals surface area contributed by atoms with E-state index in [-0.39, 0.29) is 17.3 Å². The van der Waals surface area contributed by atoms with E-state index >= 15 is 0 Å². The molecular formula is C33H23FN2O3S. The predicted molar refractivity (Wildman–Crippen MR) is 156 cm³/mol. The molecule has 4 aromatic carbocycles. The predicted octanol–water partition coefficient (Wildman–Crippen LogP) is 6.58. The van der Waals surface area contributed by atoms with Crippen LogP contribution in [0.25, 0.3) is 27.8 Å². The number of ether oxygens (including phenoxy) is 2. The molecule has 7 rings (SSSR count). The highest BCUT2D eigenvalue weighted by molar-refractivity contribution is 7.15. The summed E-state index contributed by atoms with van der Waals surface area (Å²) in [6.07, 6.45) is 1.91. The van der Waals surface area contributed by atoms with Gasteiger partial charge in [-0.2, -0.15) is 0 Å². The summed E-state index contributed by atoms with van der Waals surface area (Å²) in [5, 5.41) is 0. The number of para-hydroxylation sites is 3. The van der Waals surface area contributed by atoms with Gasteiger partial charge < -0.3 is 9.47 Å². The minimum Gasteiger partial charge on any atom is -0.494 e. The molecule has 0 amide bonds. The van der Waals surface area contributed by atoms with Crippen LogP contribution in [0.3, 0.4) is 0 Å². The number of nitrogens with zero attached hydrogens (tertiary/aromatic N) is 2. The van der Waals surface area contributed by atoms with Gasteiger partial charge in [-0.15, -0.1) is 0 Å². The minimum atomic E-state index is -0.307. The van der Waals surface area contributed by atoms with E-state index in [1.54, 1.807) is 16.5 Å². The molecule has 0 aliphatic carbocycles. The Morgan fingerprint density at radius 3 is 2.52 bits per heavy atom. The Kier molecular flexibility index (Phi) is 5.94. The van der Waals surface area contributed by atoms with E-state index < -0.39 is 0 Å². The molecule has 0 radical (unpaired) electrons. The first-order valence-corrected chi connectivity index (χ1v) is 13.8. The molecule has 6 aromatic rings. The molecule has 1 aliphatic heterocycles. The van der Waals surface area contributed by atoms with Crippen LogP contribution in [0.15, 0.2) is 107 Å². The minimum absolute atomic E-state index is 0.135. The van der Waals surface area contributed by atoms with Gasteiger partial charge in [-0.25, -0.2) is 13.8 Å². The Bertz CT molecular complexity index is 2030. The number of hydrogen-bond donors (Lipinski definition) is 0. The van der Waals surface area contributed by atoms with Gasteiger partial charge in [-0.05, 0) is 73.2 Å². The fourth-order valence-corrected chi connectivity index (χ4v) is 6.27. The fourth-order valence-electron chi connectivity index (χ4n) is 5.29. The molecule has 1 atom stereocenters. The Morgan fingerprint density at radius 1 is 0.975 bits per heavy atom. The van der Waals surface area contributed by atoms with Gasteiger partial charge >= 0.3 is 0 Å².